The number of aliphatic hydroxyl groups excluding tert-OH is 3. The predicted octanol–water partition coefficient (Wildman–Crippen LogP) is 12.3. The molecule has 0 saturated heterocycles. The van der Waals surface area contributed by atoms with Gasteiger partial charge in [-0.05, 0) is 151 Å². The number of carbonyl (C=O) groups excluding carboxylic acids is 2. The first-order valence-electron chi connectivity index (χ1n) is 30.1. The average molecular weight is 1090 g/mol. The second-order valence-electron chi connectivity index (χ2n) is 24.9. The van der Waals surface area contributed by atoms with Crippen LogP contribution in [-0.4, -0.2) is 65.9 Å². The molecule has 4 aromatic carbocycles. The predicted molar refractivity (Wildman–Crippen MR) is 310 cm³/mol. The first-order valence-corrected chi connectivity index (χ1v) is 30.1. The second-order valence-corrected chi connectivity index (χ2v) is 24.9. The van der Waals surface area contributed by atoms with Crippen molar-refractivity contribution in [2.24, 2.45) is 35.5 Å². The van der Waals surface area contributed by atoms with Gasteiger partial charge in [-0.1, -0.05) is 129 Å². The Morgan fingerprint density at radius 1 is 0.790 bits per heavy atom. The highest BCUT2D eigenvalue weighted by atomic mass is 16.6. The van der Waals surface area contributed by atoms with Crippen molar-refractivity contribution in [1.82, 2.24) is 0 Å². The zero-order valence-corrected chi connectivity index (χ0v) is 46.7. The van der Waals surface area contributed by atoms with Gasteiger partial charge in [0.15, 0.2) is 17.8 Å². The summed E-state index contributed by atoms with van der Waals surface area (Å²) in [5, 5.41) is 32.5. The van der Waals surface area contributed by atoms with E-state index in [1.807, 2.05) is 6.07 Å². The highest BCUT2D eigenvalue weighted by Gasteiger charge is 2.68. The Morgan fingerprint density at radius 2 is 1.65 bits per heavy atom. The maximum absolute atomic E-state index is 15.8. The lowest BCUT2D eigenvalue weighted by atomic mass is 9.50. The minimum absolute atomic E-state index is 0.00216. The van der Waals surface area contributed by atoms with Gasteiger partial charge in [0.1, 0.15) is 11.3 Å². The van der Waals surface area contributed by atoms with Crippen molar-refractivity contribution in [3.05, 3.63) is 187 Å². The van der Waals surface area contributed by atoms with Crippen LogP contribution in [0.15, 0.2) is 136 Å². The van der Waals surface area contributed by atoms with Crippen LogP contribution in [-0.2, 0) is 42.2 Å². The topological polar surface area (TPSA) is 162 Å². The lowest BCUT2D eigenvalue weighted by Crippen LogP contribution is -2.69. The van der Waals surface area contributed by atoms with Crippen molar-refractivity contribution < 1.29 is 48.3 Å². The number of hydrogen-bond acceptors (Lipinski definition) is 11. The van der Waals surface area contributed by atoms with Crippen LogP contribution in [0.3, 0.4) is 0 Å². The van der Waals surface area contributed by atoms with E-state index in [1.54, 1.807) is 13.0 Å². The summed E-state index contributed by atoms with van der Waals surface area (Å²) in [5.74, 6) is -1.25. The molecule has 4 heterocycles. The molecule has 6 aliphatic carbocycles. The molecule has 13 unspecified atom stereocenters. The van der Waals surface area contributed by atoms with Gasteiger partial charge in [-0.25, -0.2) is 9.59 Å². The summed E-state index contributed by atoms with van der Waals surface area (Å²) in [6.45, 7) is 0.737. The minimum Gasteiger partial charge on any atom is -0.482 e. The van der Waals surface area contributed by atoms with Crippen LogP contribution >= 0.6 is 0 Å². The van der Waals surface area contributed by atoms with Crippen molar-refractivity contribution in [1.29, 1.82) is 0 Å². The quantitative estimate of drug-likeness (QED) is 0.0557. The number of methoxy groups -OCH3 is 1. The van der Waals surface area contributed by atoms with E-state index in [2.05, 4.69) is 109 Å². The summed E-state index contributed by atoms with van der Waals surface area (Å²) in [7, 11) is 1.52. The molecule has 3 N–H and O–H groups in total. The van der Waals surface area contributed by atoms with E-state index in [9.17, 15) is 20.1 Å². The van der Waals surface area contributed by atoms with Gasteiger partial charge >= 0.3 is 17.6 Å². The molecule has 81 heavy (non-hydrogen) atoms. The fraction of sp³-hybridized carbons (Fsp3) is 0.471. The summed E-state index contributed by atoms with van der Waals surface area (Å²) in [6, 6.07) is 30.3. The van der Waals surface area contributed by atoms with E-state index < -0.39 is 47.9 Å². The lowest BCUT2D eigenvalue weighted by molar-refractivity contribution is -0.234. The van der Waals surface area contributed by atoms with Gasteiger partial charge in [0.2, 0.25) is 0 Å². The third kappa shape index (κ3) is 9.11. The highest BCUT2D eigenvalue weighted by molar-refractivity contribution is 5.90. The number of allylic oxidation sites excluding steroid dienone is 4. The van der Waals surface area contributed by atoms with E-state index in [0.29, 0.717) is 46.6 Å². The Bertz CT molecular complexity index is 3410. The van der Waals surface area contributed by atoms with Crippen LogP contribution < -0.4 is 10.4 Å². The maximum Gasteiger partial charge on any atom is 0.340 e. The molecule has 1 aromatic heterocycles. The van der Waals surface area contributed by atoms with Gasteiger partial charge in [-0.2, -0.15) is 0 Å². The highest BCUT2D eigenvalue weighted by Crippen LogP contribution is 2.63. The van der Waals surface area contributed by atoms with Gasteiger partial charge in [0.25, 0.3) is 0 Å². The first-order chi connectivity index (χ1) is 39.6. The van der Waals surface area contributed by atoms with Gasteiger partial charge in [0.05, 0.1) is 25.4 Å². The number of rotatable bonds is 9. The molecule has 11 nitrogen and oxygen atoms in total. The van der Waals surface area contributed by atoms with Crippen molar-refractivity contribution in [2.75, 3.05) is 26.9 Å². The molecule has 0 radical (unpaired) electrons. The Kier molecular flexibility index (Phi) is 14.7. The van der Waals surface area contributed by atoms with E-state index in [0.717, 1.165) is 56.1 Å². The van der Waals surface area contributed by atoms with E-state index in [4.69, 9.17) is 23.4 Å². The number of carbonyl (C=O) groups is 2. The van der Waals surface area contributed by atoms with Gasteiger partial charge in [-0.3, -0.25) is 4.79 Å². The van der Waals surface area contributed by atoms with Gasteiger partial charge in [0, 0.05) is 71.7 Å². The fourth-order valence-corrected chi connectivity index (χ4v) is 17.1. The van der Waals surface area contributed by atoms with Crippen LogP contribution in [0.5, 0.6) is 5.75 Å². The zero-order valence-electron chi connectivity index (χ0n) is 46.7. The van der Waals surface area contributed by atoms with E-state index in [1.165, 1.54) is 42.2 Å². The van der Waals surface area contributed by atoms with Crippen LogP contribution in [0.2, 0.25) is 0 Å². The van der Waals surface area contributed by atoms with Crippen molar-refractivity contribution in [3.8, 4) is 5.75 Å². The summed E-state index contributed by atoms with van der Waals surface area (Å²) < 4.78 is 33.9. The molecule has 3 saturated carbocycles. The Balaban J connectivity index is 0.959. The number of aliphatic hydroxyl groups is 3. The van der Waals surface area contributed by atoms with Crippen LogP contribution in [0.1, 0.15) is 164 Å². The molecule has 11 heteroatoms. The molecule has 14 rings (SSSR count). The number of esters is 2. The largest absolute Gasteiger partial charge is 0.482 e. The molecule has 5 aromatic rings. The third-order valence-electron chi connectivity index (χ3n) is 20.9. The Morgan fingerprint density at radius 3 is 2.48 bits per heavy atom. The Hall–Kier alpha value is -6.37. The van der Waals surface area contributed by atoms with Crippen molar-refractivity contribution >= 4 is 29.0 Å². The van der Waals surface area contributed by atoms with Crippen LogP contribution in [0.4, 0.5) is 0 Å². The van der Waals surface area contributed by atoms with E-state index in [-0.39, 0.29) is 103 Å². The summed E-state index contributed by atoms with van der Waals surface area (Å²) in [5.41, 5.74) is 6.99. The Labute approximate surface area is 474 Å². The maximum atomic E-state index is 15.8. The molecule has 3 fully saturated rings. The smallest absolute Gasteiger partial charge is 0.340 e. The number of hydrogen-bond donors (Lipinski definition) is 3. The van der Waals surface area contributed by atoms with E-state index >= 15 is 9.59 Å². The number of benzene rings is 4. The molecule has 4 bridgehead atoms. The third-order valence-corrected chi connectivity index (χ3v) is 20.9. The first kappa shape index (κ1) is 53.9. The van der Waals surface area contributed by atoms with Crippen molar-refractivity contribution in [3.63, 3.8) is 0 Å². The number of fused-ring (bicyclic) bond motifs is 14. The summed E-state index contributed by atoms with van der Waals surface area (Å²) in [6.07, 6.45) is 22.4. The lowest BCUT2D eigenvalue weighted by Gasteiger charge is -2.62. The fourth-order valence-electron chi connectivity index (χ4n) is 17.1. The molecule has 0 amide bonds. The summed E-state index contributed by atoms with van der Waals surface area (Å²) in [4.78, 5) is 45.9. The number of aryl methyl sites for hydroxylation is 1. The summed E-state index contributed by atoms with van der Waals surface area (Å²) >= 11 is 0. The molecular weight excluding hydrogens is 1020 g/mol. The molecule has 422 valence electrons. The molecule has 13 atom stereocenters. The zero-order chi connectivity index (χ0) is 55.6. The standard InChI is InChI=1S/C70H76O11/c1-41(38-72)54-28-18-42-16-19-43(20-17-42)55-29-24-48(47-12-8-14-53(36-47)69-33-6-5-13-51(69)25-21-44-9-3-4-15-58(44)69)35-50(55)37-60(74)78-65-62-59(31-30-56-57(39-73)61(68(76)79-64(56)62)49(32-34-71)40-77-2)81-70(66(65)80-67(54)75)52-26-22-45-10-7-11-46(23-27-52)63(45)70/h3-4,8-9,12,14-17,19-22,24-26,29-31,36,45-46,48-52,55,63,65-66,71-73H,5-7,10-11,13,18,23,27-28,32-35,37-40H2,1-2H3. The average Bonchev–Trinajstić information content (AvgIpc) is 3.61. The number of ether oxygens (including phenoxy) is 4. The van der Waals surface area contributed by atoms with Crippen LogP contribution in [0.25, 0.3) is 17.0 Å². The molecule has 3 aliphatic heterocycles. The van der Waals surface area contributed by atoms with Gasteiger partial charge < -0.3 is 38.7 Å². The second kappa shape index (κ2) is 22.1. The minimum atomic E-state index is -1.32. The monoisotopic (exact) mass is 1090 g/mol. The molecule has 1 spiro atoms. The van der Waals surface area contributed by atoms with Gasteiger partial charge in [-0.15, -0.1) is 0 Å². The molecule has 9 aliphatic rings. The SMILES string of the molecule is COCC(CCO)c1c(CO)c2ccc3c(c2oc1=O)C1OC(=O)CC2CC(c4cccc(C56CCCCC5C=Cc5ccccc56)c4)C=CC2c2ccc(cc2)CCC(=C(C)CO)C(=O)OC1C1(O3)C2C=CC3CCCC(CC2)C31. The molecular formula is C70H76O11. The van der Waals surface area contributed by atoms with Crippen molar-refractivity contribution in [2.45, 2.75) is 144 Å². The van der Waals surface area contributed by atoms with Crippen LogP contribution in [0, 0.1) is 35.5 Å². The normalized spacial score (nSPS) is 32.1.